The van der Waals surface area contributed by atoms with Gasteiger partial charge < -0.3 is 9.32 Å². The number of aryl methyl sites for hydroxylation is 1. The number of nitrogens with zero attached hydrogens (tertiary/aromatic N) is 1. The van der Waals surface area contributed by atoms with Crippen LogP contribution in [-0.2, 0) is 6.42 Å². The molecule has 0 fully saturated rings. The van der Waals surface area contributed by atoms with Crippen molar-refractivity contribution < 1.29 is 4.42 Å². The minimum absolute atomic E-state index is 0.972. The molecule has 0 aliphatic rings. The predicted octanol–water partition coefficient (Wildman–Crippen LogP) is 6.46. The standard InChI is InChI=1S/C24H27NOSi/c1-6-17-13-15-18(16-14-17)25(2)21-11-7-9-19-20-10-8-12-22(27(3,4)5)24(20)26-23(19)21/h7-16H,6H2,1-5H3. The molecule has 0 radical (unpaired) electrons. The van der Waals surface area contributed by atoms with Crippen molar-refractivity contribution in [3.63, 3.8) is 0 Å². The molecule has 1 aromatic heterocycles. The Balaban J connectivity index is 1.91. The fourth-order valence-corrected chi connectivity index (χ4v) is 5.22. The molecule has 3 heteroatoms. The van der Waals surface area contributed by atoms with Crippen LogP contribution in [0.25, 0.3) is 21.9 Å². The van der Waals surface area contributed by atoms with Crippen LogP contribution in [0.2, 0.25) is 19.6 Å². The third kappa shape index (κ3) is 3.06. The Hall–Kier alpha value is -2.52. The molecule has 1 heterocycles. The number of fused-ring (bicyclic) bond motifs is 3. The smallest absolute Gasteiger partial charge is 0.159 e. The number of hydrogen-bond acceptors (Lipinski definition) is 2. The Morgan fingerprint density at radius 1 is 0.815 bits per heavy atom. The summed E-state index contributed by atoms with van der Waals surface area (Å²) in [5, 5.41) is 3.80. The second-order valence-electron chi connectivity index (χ2n) is 8.27. The largest absolute Gasteiger partial charge is 0.454 e. The Morgan fingerprint density at radius 3 is 2.07 bits per heavy atom. The van der Waals surface area contributed by atoms with Gasteiger partial charge in [0.15, 0.2) is 5.58 Å². The topological polar surface area (TPSA) is 16.4 Å². The Labute approximate surface area is 162 Å². The van der Waals surface area contributed by atoms with Crippen LogP contribution in [0.3, 0.4) is 0 Å². The quantitative estimate of drug-likeness (QED) is 0.382. The highest BCUT2D eigenvalue weighted by Gasteiger charge is 2.23. The molecule has 0 aliphatic carbocycles. The molecule has 0 amide bonds. The first-order valence-corrected chi connectivity index (χ1v) is 13.2. The van der Waals surface area contributed by atoms with E-state index in [0.717, 1.165) is 23.3 Å². The van der Waals surface area contributed by atoms with E-state index in [-0.39, 0.29) is 0 Å². The molecule has 138 valence electrons. The van der Waals surface area contributed by atoms with E-state index in [4.69, 9.17) is 4.42 Å². The van der Waals surface area contributed by atoms with Crippen LogP contribution in [0.15, 0.2) is 65.1 Å². The van der Waals surface area contributed by atoms with Crippen molar-refractivity contribution in [1.82, 2.24) is 0 Å². The Morgan fingerprint density at radius 2 is 1.44 bits per heavy atom. The first kappa shape index (κ1) is 17.9. The van der Waals surface area contributed by atoms with Crippen LogP contribution in [-0.4, -0.2) is 15.1 Å². The lowest BCUT2D eigenvalue weighted by Crippen LogP contribution is -2.37. The highest BCUT2D eigenvalue weighted by molar-refractivity contribution is 6.90. The van der Waals surface area contributed by atoms with Crippen LogP contribution in [0.5, 0.6) is 0 Å². The molecule has 0 saturated carbocycles. The van der Waals surface area contributed by atoms with Gasteiger partial charge in [-0.2, -0.15) is 0 Å². The maximum Gasteiger partial charge on any atom is 0.159 e. The normalized spacial score (nSPS) is 12.0. The third-order valence-electron chi connectivity index (χ3n) is 5.40. The number of furan rings is 1. The molecule has 4 aromatic rings. The van der Waals surface area contributed by atoms with Gasteiger partial charge in [-0.15, -0.1) is 0 Å². The van der Waals surface area contributed by atoms with E-state index < -0.39 is 8.07 Å². The first-order chi connectivity index (χ1) is 12.9. The monoisotopic (exact) mass is 373 g/mol. The maximum atomic E-state index is 6.52. The molecule has 2 nitrogen and oxygen atoms in total. The number of benzene rings is 3. The molecule has 0 bridgehead atoms. The van der Waals surface area contributed by atoms with Crippen LogP contribution in [0.1, 0.15) is 12.5 Å². The zero-order valence-electron chi connectivity index (χ0n) is 16.8. The summed E-state index contributed by atoms with van der Waals surface area (Å²) in [6.45, 7) is 9.30. The van der Waals surface area contributed by atoms with E-state index in [1.54, 1.807) is 0 Å². The van der Waals surface area contributed by atoms with Crippen molar-refractivity contribution in [3.05, 3.63) is 66.2 Å². The summed E-state index contributed by atoms with van der Waals surface area (Å²) in [7, 11) is 0.626. The molecule has 0 aliphatic heterocycles. The lowest BCUT2D eigenvalue weighted by Gasteiger charge is -2.20. The van der Waals surface area contributed by atoms with Gasteiger partial charge in [0, 0.05) is 23.5 Å². The van der Waals surface area contributed by atoms with Gasteiger partial charge in [-0.05, 0) is 35.4 Å². The summed E-state index contributed by atoms with van der Waals surface area (Å²) in [5.41, 5.74) is 5.67. The summed E-state index contributed by atoms with van der Waals surface area (Å²) in [6, 6.07) is 21.8. The molecule has 27 heavy (non-hydrogen) atoms. The lowest BCUT2D eigenvalue weighted by atomic mass is 10.1. The predicted molar refractivity (Wildman–Crippen MR) is 121 cm³/mol. The van der Waals surface area contributed by atoms with Crippen LogP contribution in [0, 0.1) is 0 Å². The van der Waals surface area contributed by atoms with Gasteiger partial charge in [0.2, 0.25) is 0 Å². The minimum atomic E-state index is -1.49. The Bertz CT molecular complexity index is 1100. The lowest BCUT2D eigenvalue weighted by molar-refractivity contribution is 0.671. The van der Waals surface area contributed by atoms with E-state index >= 15 is 0 Å². The maximum absolute atomic E-state index is 6.52. The van der Waals surface area contributed by atoms with Crippen LogP contribution >= 0.6 is 0 Å². The second-order valence-corrected chi connectivity index (χ2v) is 13.3. The van der Waals surface area contributed by atoms with Gasteiger partial charge in [0.25, 0.3) is 0 Å². The summed E-state index contributed by atoms with van der Waals surface area (Å²) in [4.78, 5) is 2.22. The van der Waals surface area contributed by atoms with Crippen molar-refractivity contribution >= 4 is 46.6 Å². The molecular weight excluding hydrogens is 346 g/mol. The van der Waals surface area contributed by atoms with Gasteiger partial charge in [0.05, 0.1) is 13.8 Å². The van der Waals surface area contributed by atoms with E-state index in [2.05, 4.69) is 99.2 Å². The van der Waals surface area contributed by atoms with Gasteiger partial charge in [-0.3, -0.25) is 0 Å². The SMILES string of the molecule is CCc1ccc(N(C)c2cccc3c2oc2c([Si](C)(C)C)cccc23)cc1. The van der Waals surface area contributed by atoms with E-state index in [9.17, 15) is 0 Å². The van der Waals surface area contributed by atoms with E-state index in [0.29, 0.717) is 0 Å². The zero-order chi connectivity index (χ0) is 19.2. The Kier molecular flexibility index (Phi) is 4.35. The average Bonchev–Trinajstić information content (AvgIpc) is 3.05. The molecule has 0 atom stereocenters. The van der Waals surface area contributed by atoms with Gasteiger partial charge in [0.1, 0.15) is 5.58 Å². The highest BCUT2D eigenvalue weighted by atomic mass is 28.3. The number of anilines is 2. The van der Waals surface area contributed by atoms with Crippen molar-refractivity contribution in [2.75, 3.05) is 11.9 Å². The zero-order valence-corrected chi connectivity index (χ0v) is 17.8. The molecule has 0 N–H and O–H groups in total. The van der Waals surface area contributed by atoms with E-state index in [1.807, 2.05) is 0 Å². The number of rotatable bonds is 4. The molecule has 0 spiro atoms. The summed E-state index contributed by atoms with van der Waals surface area (Å²) < 4.78 is 6.52. The van der Waals surface area contributed by atoms with Crippen LogP contribution < -0.4 is 10.1 Å². The molecular formula is C24H27NOSi. The summed E-state index contributed by atoms with van der Waals surface area (Å²) in [6.07, 6.45) is 1.06. The van der Waals surface area contributed by atoms with Crippen molar-refractivity contribution in [1.29, 1.82) is 0 Å². The highest BCUT2D eigenvalue weighted by Crippen LogP contribution is 2.37. The number of hydrogen-bond donors (Lipinski definition) is 0. The van der Waals surface area contributed by atoms with Gasteiger partial charge in [-0.25, -0.2) is 0 Å². The third-order valence-corrected chi connectivity index (χ3v) is 7.41. The second kappa shape index (κ2) is 6.57. The van der Waals surface area contributed by atoms with Gasteiger partial charge >= 0.3 is 0 Å². The fraction of sp³-hybridized carbons (Fsp3) is 0.250. The van der Waals surface area contributed by atoms with E-state index in [1.165, 1.54) is 27.2 Å². The van der Waals surface area contributed by atoms with Crippen molar-refractivity contribution in [2.24, 2.45) is 0 Å². The van der Waals surface area contributed by atoms with Gasteiger partial charge in [-0.1, -0.05) is 69.0 Å². The first-order valence-electron chi connectivity index (χ1n) is 9.67. The fourth-order valence-electron chi connectivity index (χ4n) is 3.75. The molecule has 3 aromatic carbocycles. The summed E-state index contributed by atoms with van der Waals surface area (Å²) in [5.74, 6) is 0. The summed E-state index contributed by atoms with van der Waals surface area (Å²) >= 11 is 0. The molecule has 0 saturated heterocycles. The van der Waals surface area contributed by atoms with Crippen molar-refractivity contribution in [3.8, 4) is 0 Å². The number of para-hydroxylation sites is 2. The minimum Gasteiger partial charge on any atom is -0.454 e. The average molecular weight is 374 g/mol. The molecule has 0 unspecified atom stereocenters. The van der Waals surface area contributed by atoms with Crippen LogP contribution in [0.4, 0.5) is 11.4 Å². The molecule has 4 rings (SSSR count). The van der Waals surface area contributed by atoms with Crippen molar-refractivity contribution in [2.45, 2.75) is 33.0 Å².